The van der Waals surface area contributed by atoms with Crippen molar-refractivity contribution in [1.82, 2.24) is 9.55 Å². The van der Waals surface area contributed by atoms with Crippen LogP contribution in [0.4, 0.5) is 0 Å². The van der Waals surface area contributed by atoms with Crippen LogP contribution in [0.15, 0.2) is 18.2 Å². The zero-order chi connectivity index (χ0) is 10.1. The van der Waals surface area contributed by atoms with Crippen molar-refractivity contribution in [2.45, 2.75) is 20.0 Å². The Labute approximate surface area is 83.3 Å². The average Bonchev–Trinajstić information content (AvgIpc) is 2.47. The number of hydrogen-bond acceptors (Lipinski definition) is 2. The van der Waals surface area contributed by atoms with Crippen LogP contribution in [0.5, 0.6) is 5.75 Å². The summed E-state index contributed by atoms with van der Waals surface area (Å²) in [6.45, 7) is 4.03. The lowest BCUT2D eigenvalue weighted by Gasteiger charge is -2.09. The van der Waals surface area contributed by atoms with E-state index >= 15 is 0 Å². The van der Waals surface area contributed by atoms with E-state index in [2.05, 4.69) is 11.3 Å². The number of aromatic nitrogens is 2. The highest BCUT2D eigenvalue weighted by molar-refractivity contribution is 5.76. The zero-order valence-electron chi connectivity index (χ0n) is 8.61. The predicted octanol–water partition coefficient (Wildman–Crippen LogP) is 2.16. The fourth-order valence-corrected chi connectivity index (χ4v) is 1.39. The van der Waals surface area contributed by atoms with Crippen LogP contribution in [-0.2, 0) is 7.05 Å². The van der Waals surface area contributed by atoms with Crippen molar-refractivity contribution in [2.24, 2.45) is 7.05 Å². The predicted molar refractivity (Wildman–Crippen MR) is 55.3 cm³/mol. The van der Waals surface area contributed by atoms with Crippen LogP contribution in [0.25, 0.3) is 11.0 Å². The Hall–Kier alpha value is -1.51. The molecule has 1 aromatic heterocycles. The van der Waals surface area contributed by atoms with Crippen molar-refractivity contribution in [2.75, 3.05) is 0 Å². The Morgan fingerprint density at radius 3 is 2.93 bits per heavy atom. The number of fused-ring (bicyclic) bond motifs is 1. The molecule has 2 aromatic rings. The highest BCUT2D eigenvalue weighted by atomic mass is 16.5. The van der Waals surface area contributed by atoms with Crippen LogP contribution in [0.3, 0.4) is 0 Å². The first-order chi connectivity index (χ1) is 6.66. The topological polar surface area (TPSA) is 27.1 Å². The number of aryl methyl sites for hydroxylation is 1. The van der Waals surface area contributed by atoms with Gasteiger partial charge in [0, 0.05) is 13.1 Å². The van der Waals surface area contributed by atoms with E-state index < -0.39 is 0 Å². The fourth-order valence-electron chi connectivity index (χ4n) is 1.39. The van der Waals surface area contributed by atoms with Gasteiger partial charge in [0.25, 0.3) is 0 Å². The summed E-state index contributed by atoms with van der Waals surface area (Å²) in [5, 5.41) is 0. The third-order valence-corrected chi connectivity index (χ3v) is 2.00. The summed E-state index contributed by atoms with van der Waals surface area (Å²) in [6.07, 6.45) is 3.07. The molecular weight excluding hydrogens is 176 g/mol. The maximum Gasteiger partial charge on any atom is 0.177 e. The largest absolute Gasteiger partial charge is 0.491 e. The Morgan fingerprint density at radius 2 is 2.21 bits per heavy atom. The second-order valence-corrected chi connectivity index (χ2v) is 3.59. The summed E-state index contributed by atoms with van der Waals surface area (Å²) >= 11 is 0. The van der Waals surface area contributed by atoms with Crippen molar-refractivity contribution in [3.05, 3.63) is 24.5 Å². The van der Waals surface area contributed by atoms with Crippen molar-refractivity contribution in [1.29, 1.82) is 0 Å². The monoisotopic (exact) mass is 189 g/mol. The highest BCUT2D eigenvalue weighted by Gasteiger charge is 2.03. The van der Waals surface area contributed by atoms with Gasteiger partial charge in [0.05, 0.1) is 17.1 Å². The molecule has 3 nitrogen and oxygen atoms in total. The van der Waals surface area contributed by atoms with E-state index in [4.69, 9.17) is 4.74 Å². The minimum atomic E-state index is 0.199. The van der Waals surface area contributed by atoms with Crippen LogP contribution in [0.1, 0.15) is 13.8 Å². The van der Waals surface area contributed by atoms with Gasteiger partial charge in [0.15, 0.2) is 6.33 Å². The molecule has 0 bridgehead atoms. The van der Waals surface area contributed by atoms with Gasteiger partial charge in [-0.1, -0.05) is 0 Å². The fraction of sp³-hybridized carbons (Fsp3) is 0.364. The third-order valence-electron chi connectivity index (χ3n) is 2.00. The van der Waals surface area contributed by atoms with Gasteiger partial charge in [-0.05, 0) is 26.0 Å². The van der Waals surface area contributed by atoms with E-state index in [0.29, 0.717) is 0 Å². The molecule has 1 heterocycles. The second-order valence-electron chi connectivity index (χ2n) is 3.59. The Kier molecular flexibility index (Phi) is 2.15. The number of ether oxygens (including phenoxy) is 1. The Morgan fingerprint density at radius 1 is 1.43 bits per heavy atom. The maximum absolute atomic E-state index is 5.59. The summed E-state index contributed by atoms with van der Waals surface area (Å²) in [5.41, 5.74) is 1.99. The first-order valence-corrected chi connectivity index (χ1v) is 4.67. The van der Waals surface area contributed by atoms with Crippen LogP contribution < -0.4 is 4.74 Å². The van der Waals surface area contributed by atoms with Crippen LogP contribution in [-0.4, -0.2) is 15.7 Å². The molecule has 0 aliphatic carbocycles. The number of rotatable bonds is 2. The first kappa shape index (κ1) is 9.06. The molecule has 0 aliphatic rings. The number of benzene rings is 1. The number of imidazole rings is 1. The minimum absolute atomic E-state index is 0.199. The van der Waals surface area contributed by atoms with E-state index in [1.807, 2.05) is 43.7 Å². The van der Waals surface area contributed by atoms with Gasteiger partial charge >= 0.3 is 0 Å². The molecule has 14 heavy (non-hydrogen) atoms. The van der Waals surface area contributed by atoms with Gasteiger partial charge in [-0.2, -0.15) is 0 Å². The quantitative estimate of drug-likeness (QED) is 0.723. The lowest BCUT2D eigenvalue weighted by molar-refractivity contribution is 0.242. The van der Waals surface area contributed by atoms with E-state index in [9.17, 15) is 0 Å². The van der Waals surface area contributed by atoms with Gasteiger partial charge in [-0.25, -0.2) is 4.98 Å². The molecule has 1 radical (unpaired) electrons. The SMILES string of the molecule is CC(C)Oc1ccc2n[c]n(C)c2c1. The van der Waals surface area contributed by atoms with Crippen LogP contribution in [0, 0.1) is 6.33 Å². The molecule has 73 valence electrons. The third kappa shape index (κ3) is 1.58. The molecule has 0 aliphatic heterocycles. The molecule has 0 saturated heterocycles. The normalized spacial score (nSPS) is 11.1. The smallest absolute Gasteiger partial charge is 0.177 e. The second kappa shape index (κ2) is 3.33. The van der Waals surface area contributed by atoms with Crippen molar-refractivity contribution in [3.8, 4) is 5.75 Å². The summed E-state index contributed by atoms with van der Waals surface area (Å²) in [7, 11) is 1.93. The van der Waals surface area contributed by atoms with Crippen LogP contribution >= 0.6 is 0 Å². The zero-order valence-corrected chi connectivity index (χ0v) is 8.61. The lowest BCUT2D eigenvalue weighted by Crippen LogP contribution is -2.05. The molecule has 2 rings (SSSR count). The summed E-state index contributed by atoms with van der Waals surface area (Å²) < 4.78 is 7.46. The van der Waals surface area contributed by atoms with Gasteiger partial charge < -0.3 is 9.30 Å². The molecular formula is C11H13N2O. The van der Waals surface area contributed by atoms with E-state index in [0.717, 1.165) is 16.8 Å². The van der Waals surface area contributed by atoms with Gasteiger partial charge in [0.2, 0.25) is 0 Å². The van der Waals surface area contributed by atoms with Gasteiger partial charge in [0.1, 0.15) is 5.75 Å². The van der Waals surface area contributed by atoms with E-state index in [1.54, 1.807) is 0 Å². The van der Waals surface area contributed by atoms with Crippen molar-refractivity contribution in [3.63, 3.8) is 0 Å². The average molecular weight is 189 g/mol. The maximum atomic E-state index is 5.59. The van der Waals surface area contributed by atoms with E-state index in [1.165, 1.54) is 0 Å². The van der Waals surface area contributed by atoms with Crippen molar-refractivity contribution >= 4 is 11.0 Å². The first-order valence-electron chi connectivity index (χ1n) is 4.67. The van der Waals surface area contributed by atoms with Crippen molar-refractivity contribution < 1.29 is 4.74 Å². The molecule has 0 spiro atoms. The molecule has 0 atom stereocenters. The molecule has 0 unspecified atom stereocenters. The highest BCUT2D eigenvalue weighted by Crippen LogP contribution is 2.19. The number of hydrogen-bond donors (Lipinski definition) is 0. The van der Waals surface area contributed by atoms with E-state index in [-0.39, 0.29) is 6.10 Å². The molecule has 3 heteroatoms. The van der Waals surface area contributed by atoms with Crippen LogP contribution in [0.2, 0.25) is 0 Å². The summed E-state index contributed by atoms with van der Waals surface area (Å²) in [4.78, 5) is 4.12. The molecule has 1 aromatic carbocycles. The standard InChI is InChI=1S/C11H13N2O/c1-8(2)14-9-4-5-10-11(6-9)13(3)7-12-10/h4-6,8H,1-3H3. The molecule has 0 saturated carbocycles. The lowest BCUT2D eigenvalue weighted by atomic mass is 10.3. The Bertz CT molecular complexity index is 445. The summed E-state index contributed by atoms with van der Waals surface area (Å²) in [6, 6.07) is 5.87. The molecule has 0 N–H and O–H groups in total. The van der Waals surface area contributed by atoms with Gasteiger partial charge in [-0.3, -0.25) is 0 Å². The Balaban J connectivity index is 2.44. The van der Waals surface area contributed by atoms with Gasteiger partial charge in [-0.15, -0.1) is 0 Å². The molecule has 0 amide bonds. The minimum Gasteiger partial charge on any atom is -0.491 e. The molecule has 0 fully saturated rings. The summed E-state index contributed by atoms with van der Waals surface area (Å²) in [5.74, 6) is 0.879. The number of nitrogens with zero attached hydrogens (tertiary/aromatic N) is 2.